The number of rotatable bonds is 2. The molecule has 0 atom stereocenters. The Morgan fingerprint density at radius 1 is 1.36 bits per heavy atom. The summed E-state index contributed by atoms with van der Waals surface area (Å²) >= 11 is 0. The molecule has 1 aliphatic heterocycles. The van der Waals surface area contributed by atoms with Crippen LogP contribution in [0.5, 0.6) is 0 Å². The van der Waals surface area contributed by atoms with Crippen molar-refractivity contribution in [3.05, 3.63) is 0 Å². The van der Waals surface area contributed by atoms with Crippen molar-refractivity contribution in [3.8, 4) is 0 Å². The molecule has 0 unspecified atom stereocenters. The van der Waals surface area contributed by atoms with Crippen LogP contribution >= 0.6 is 0 Å². The van der Waals surface area contributed by atoms with Crippen LogP contribution in [0.2, 0.25) is 0 Å². The molecule has 2 N–H and O–H groups in total. The lowest BCUT2D eigenvalue weighted by Gasteiger charge is -2.24. The van der Waals surface area contributed by atoms with Crippen LogP contribution in [0.25, 0.3) is 0 Å². The van der Waals surface area contributed by atoms with Crippen molar-refractivity contribution >= 4 is 22.1 Å². The monoisotopic (exact) mass is 222 g/mol. The largest absolute Gasteiger partial charge is 0.464 e. The van der Waals surface area contributed by atoms with Gasteiger partial charge in [0.25, 0.3) is 0 Å². The Morgan fingerprint density at radius 2 is 1.86 bits per heavy atom. The molecule has 14 heavy (non-hydrogen) atoms. The van der Waals surface area contributed by atoms with Gasteiger partial charge in [0.1, 0.15) is 5.78 Å². The third-order valence-electron chi connectivity index (χ3n) is 1.84. The van der Waals surface area contributed by atoms with Crippen LogP contribution in [0.1, 0.15) is 12.8 Å². The molecule has 0 spiro atoms. The highest BCUT2D eigenvalue weighted by atomic mass is 32.2. The zero-order chi connectivity index (χ0) is 10.8. The summed E-state index contributed by atoms with van der Waals surface area (Å²) in [5.74, 6) is -0.00762. The van der Waals surface area contributed by atoms with Crippen LogP contribution in [0.15, 0.2) is 0 Å². The second kappa shape index (κ2) is 3.93. The number of nitrogens with one attached hydrogen (secondary N) is 1. The summed E-state index contributed by atoms with van der Waals surface area (Å²) in [4.78, 5) is 20.9. The second-order valence-corrected chi connectivity index (χ2v) is 4.52. The average molecular weight is 222 g/mol. The number of piperidine rings is 1. The summed E-state index contributed by atoms with van der Waals surface area (Å²) in [5, 5.41) is 8.25. The molecule has 1 amide bonds. The summed E-state index contributed by atoms with van der Waals surface area (Å²) in [6.45, 7) is 0.0862. The molecule has 1 aliphatic rings. The van der Waals surface area contributed by atoms with Crippen molar-refractivity contribution in [1.82, 2.24) is 9.03 Å². The SMILES string of the molecule is O=C1CCN(S(=O)(=O)NC(=O)O)CC1. The minimum atomic E-state index is -3.97. The molecule has 0 saturated carbocycles. The molecule has 1 fully saturated rings. The first kappa shape index (κ1) is 10.9. The van der Waals surface area contributed by atoms with Gasteiger partial charge in [0.2, 0.25) is 0 Å². The van der Waals surface area contributed by atoms with Gasteiger partial charge in [-0.1, -0.05) is 0 Å². The van der Waals surface area contributed by atoms with E-state index in [0.717, 1.165) is 4.31 Å². The van der Waals surface area contributed by atoms with E-state index >= 15 is 0 Å². The van der Waals surface area contributed by atoms with Gasteiger partial charge in [0, 0.05) is 25.9 Å². The Kier molecular flexibility index (Phi) is 3.06. The Bertz CT molecular complexity index is 339. The summed E-state index contributed by atoms with van der Waals surface area (Å²) in [5.41, 5.74) is 0. The Balaban J connectivity index is 2.65. The van der Waals surface area contributed by atoms with Crippen LogP contribution in [-0.2, 0) is 15.0 Å². The molecule has 0 aromatic heterocycles. The van der Waals surface area contributed by atoms with Gasteiger partial charge in [-0.05, 0) is 0 Å². The van der Waals surface area contributed by atoms with Crippen molar-refractivity contribution < 1.29 is 23.1 Å². The minimum absolute atomic E-state index is 0.00762. The van der Waals surface area contributed by atoms with Crippen LogP contribution in [0, 0.1) is 0 Å². The van der Waals surface area contributed by atoms with E-state index in [-0.39, 0.29) is 31.7 Å². The molecular weight excluding hydrogens is 212 g/mol. The number of ketones is 1. The highest BCUT2D eigenvalue weighted by molar-refractivity contribution is 7.87. The summed E-state index contributed by atoms with van der Waals surface area (Å²) in [6.07, 6.45) is -1.34. The Hall–Kier alpha value is -1.15. The summed E-state index contributed by atoms with van der Waals surface area (Å²) < 4.78 is 24.8. The topological polar surface area (TPSA) is 104 Å². The lowest BCUT2D eigenvalue weighted by atomic mass is 10.1. The van der Waals surface area contributed by atoms with E-state index in [1.54, 1.807) is 0 Å². The van der Waals surface area contributed by atoms with Gasteiger partial charge in [-0.15, -0.1) is 0 Å². The highest BCUT2D eigenvalue weighted by Gasteiger charge is 2.27. The van der Waals surface area contributed by atoms with E-state index in [2.05, 4.69) is 0 Å². The summed E-state index contributed by atoms with van der Waals surface area (Å²) in [6, 6.07) is 0. The van der Waals surface area contributed by atoms with E-state index in [0.29, 0.717) is 0 Å². The van der Waals surface area contributed by atoms with E-state index in [9.17, 15) is 18.0 Å². The predicted molar refractivity (Wildman–Crippen MR) is 45.9 cm³/mol. The number of hydrogen-bond acceptors (Lipinski definition) is 4. The number of carbonyl (C=O) groups excluding carboxylic acids is 1. The maximum Gasteiger partial charge on any atom is 0.419 e. The van der Waals surface area contributed by atoms with Crippen molar-refractivity contribution in [2.24, 2.45) is 0 Å². The number of nitrogens with zero attached hydrogens (tertiary/aromatic N) is 1. The molecule has 1 saturated heterocycles. The lowest BCUT2D eigenvalue weighted by molar-refractivity contribution is -0.120. The fraction of sp³-hybridized carbons (Fsp3) is 0.667. The van der Waals surface area contributed by atoms with Crippen LogP contribution in [-0.4, -0.2) is 42.8 Å². The maximum absolute atomic E-state index is 11.2. The third kappa shape index (κ3) is 2.67. The number of carboxylic acid groups (broad SMARTS) is 1. The van der Waals surface area contributed by atoms with Crippen molar-refractivity contribution in [2.45, 2.75) is 12.8 Å². The molecule has 8 heteroatoms. The molecule has 1 heterocycles. The van der Waals surface area contributed by atoms with Gasteiger partial charge < -0.3 is 5.11 Å². The van der Waals surface area contributed by atoms with E-state index in [4.69, 9.17) is 5.11 Å². The average Bonchev–Trinajstić information content (AvgIpc) is 2.02. The third-order valence-corrected chi connectivity index (χ3v) is 3.31. The first-order chi connectivity index (χ1) is 6.42. The zero-order valence-electron chi connectivity index (χ0n) is 7.26. The fourth-order valence-electron chi connectivity index (χ4n) is 1.15. The van der Waals surface area contributed by atoms with Crippen LogP contribution in [0.4, 0.5) is 4.79 Å². The molecule has 0 bridgehead atoms. The number of hydrogen-bond donors (Lipinski definition) is 2. The molecule has 0 aromatic rings. The molecule has 0 aromatic carbocycles. The normalized spacial score (nSPS) is 19.3. The van der Waals surface area contributed by atoms with Gasteiger partial charge in [0.05, 0.1) is 0 Å². The molecule has 7 nitrogen and oxygen atoms in total. The minimum Gasteiger partial charge on any atom is -0.464 e. The maximum atomic E-state index is 11.2. The van der Waals surface area contributed by atoms with Crippen molar-refractivity contribution in [3.63, 3.8) is 0 Å². The van der Waals surface area contributed by atoms with Gasteiger partial charge in [-0.3, -0.25) is 4.79 Å². The Morgan fingerprint density at radius 3 is 2.29 bits per heavy atom. The number of amides is 1. The van der Waals surface area contributed by atoms with Crippen molar-refractivity contribution in [2.75, 3.05) is 13.1 Å². The van der Waals surface area contributed by atoms with E-state index in [1.807, 2.05) is 0 Å². The van der Waals surface area contributed by atoms with Gasteiger partial charge in [-0.25, -0.2) is 9.52 Å². The van der Waals surface area contributed by atoms with E-state index in [1.165, 1.54) is 4.72 Å². The van der Waals surface area contributed by atoms with Gasteiger partial charge >= 0.3 is 16.3 Å². The van der Waals surface area contributed by atoms with Crippen LogP contribution in [0.3, 0.4) is 0 Å². The van der Waals surface area contributed by atoms with Gasteiger partial charge in [-0.2, -0.15) is 12.7 Å². The van der Waals surface area contributed by atoms with Crippen LogP contribution < -0.4 is 4.72 Å². The van der Waals surface area contributed by atoms with E-state index < -0.39 is 16.3 Å². The molecule has 0 aliphatic carbocycles. The Labute approximate surface area is 80.9 Å². The van der Waals surface area contributed by atoms with Gasteiger partial charge in [0.15, 0.2) is 0 Å². The standard InChI is InChI=1S/C6H10N2O5S/c9-5-1-3-8(4-2-5)14(12,13)7-6(10)11/h7H,1-4H2,(H,10,11). The predicted octanol–water partition coefficient (Wildman–Crippen LogP) is -0.836. The molecule has 1 rings (SSSR count). The quantitative estimate of drug-likeness (QED) is 0.634. The first-order valence-electron chi connectivity index (χ1n) is 3.94. The first-order valence-corrected chi connectivity index (χ1v) is 5.38. The summed E-state index contributed by atoms with van der Waals surface area (Å²) in [7, 11) is -3.97. The zero-order valence-corrected chi connectivity index (χ0v) is 8.08. The second-order valence-electron chi connectivity index (χ2n) is 2.85. The lowest BCUT2D eigenvalue weighted by Crippen LogP contribution is -2.46. The molecule has 0 radical (unpaired) electrons. The molecule has 80 valence electrons. The fourth-order valence-corrected chi connectivity index (χ4v) is 2.16. The molecular formula is C6H10N2O5S. The highest BCUT2D eigenvalue weighted by Crippen LogP contribution is 2.08. The number of Topliss-reactive ketones (excluding diaryl/α,β-unsaturated/α-hetero) is 1. The van der Waals surface area contributed by atoms with Crippen molar-refractivity contribution in [1.29, 1.82) is 0 Å². The smallest absolute Gasteiger partial charge is 0.419 e. The number of carbonyl (C=O) groups is 2.